The first-order valence-corrected chi connectivity index (χ1v) is 8.23. The maximum Gasteiger partial charge on any atom is 0.0375 e. The van der Waals surface area contributed by atoms with Crippen LogP contribution < -0.4 is 4.90 Å². The Labute approximate surface area is 129 Å². The zero-order chi connectivity index (χ0) is 15.0. The van der Waals surface area contributed by atoms with E-state index in [2.05, 4.69) is 69.0 Å². The summed E-state index contributed by atoms with van der Waals surface area (Å²) in [7, 11) is 0. The van der Waals surface area contributed by atoms with Gasteiger partial charge in [0.05, 0.1) is 0 Å². The van der Waals surface area contributed by atoms with E-state index in [1.165, 1.54) is 48.0 Å². The second-order valence-electron chi connectivity index (χ2n) is 7.63. The lowest BCUT2D eigenvalue weighted by molar-refractivity contribution is 0.438. The van der Waals surface area contributed by atoms with Gasteiger partial charge in [0.15, 0.2) is 0 Å². The minimum atomic E-state index is 0.179. The van der Waals surface area contributed by atoms with Gasteiger partial charge < -0.3 is 4.90 Å². The van der Waals surface area contributed by atoms with E-state index in [9.17, 15) is 0 Å². The minimum absolute atomic E-state index is 0.179. The second-order valence-corrected chi connectivity index (χ2v) is 7.63. The smallest absolute Gasteiger partial charge is 0.0375 e. The van der Waals surface area contributed by atoms with Crippen molar-refractivity contribution >= 4 is 16.5 Å². The standard InChI is InChI=1S/C20H27N/c1-15-9-11-21(12-10-15)17-13-16-7-5-6-8-18(16)19(14-17)20(2,3)4/h5-8,13-15H,9-12H2,1-4H3. The van der Waals surface area contributed by atoms with E-state index in [1.54, 1.807) is 0 Å². The number of rotatable bonds is 1. The Morgan fingerprint density at radius 3 is 2.33 bits per heavy atom. The average molecular weight is 281 g/mol. The normalized spacial score (nSPS) is 17.4. The molecule has 112 valence electrons. The lowest BCUT2D eigenvalue weighted by Crippen LogP contribution is -2.33. The summed E-state index contributed by atoms with van der Waals surface area (Å²) in [5.41, 5.74) is 3.05. The van der Waals surface area contributed by atoms with E-state index < -0.39 is 0 Å². The topological polar surface area (TPSA) is 3.24 Å². The summed E-state index contributed by atoms with van der Waals surface area (Å²) in [4.78, 5) is 2.57. The van der Waals surface area contributed by atoms with Crippen molar-refractivity contribution in [1.29, 1.82) is 0 Å². The summed E-state index contributed by atoms with van der Waals surface area (Å²) in [6.45, 7) is 11.7. The Hall–Kier alpha value is -1.50. The van der Waals surface area contributed by atoms with E-state index in [0.29, 0.717) is 0 Å². The van der Waals surface area contributed by atoms with Crippen molar-refractivity contribution in [3.63, 3.8) is 0 Å². The van der Waals surface area contributed by atoms with Crippen LogP contribution in [-0.4, -0.2) is 13.1 Å². The molecule has 0 aliphatic carbocycles. The Balaban J connectivity index is 2.08. The molecule has 0 atom stereocenters. The van der Waals surface area contributed by atoms with Crippen LogP contribution in [0, 0.1) is 5.92 Å². The summed E-state index contributed by atoms with van der Waals surface area (Å²) in [6.07, 6.45) is 2.63. The fraction of sp³-hybridized carbons (Fsp3) is 0.500. The molecule has 1 heteroatoms. The zero-order valence-electron chi connectivity index (χ0n) is 13.8. The van der Waals surface area contributed by atoms with Gasteiger partial charge in [-0.2, -0.15) is 0 Å². The van der Waals surface area contributed by atoms with E-state index in [-0.39, 0.29) is 5.41 Å². The molecule has 3 rings (SSSR count). The molecular weight excluding hydrogens is 254 g/mol. The number of anilines is 1. The second kappa shape index (κ2) is 5.36. The van der Waals surface area contributed by atoms with Gasteiger partial charge in [-0.25, -0.2) is 0 Å². The van der Waals surface area contributed by atoms with Crippen LogP contribution in [-0.2, 0) is 5.41 Å². The average Bonchev–Trinajstić information content (AvgIpc) is 2.46. The molecule has 0 N–H and O–H groups in total. The van der Waals surface area contributed by atoms with Crippen molar-refractivity contribution in [1.82, 2.24) is 0 Å². The molecule has 2 aromatic rings. The molecule has 2 aromatic carbocycles. The fourth-order valence-corrected chi connectivity index (χ4v) is 3.36. The molecule has 1 aliphatic heterocycles. The monoisotopic (exact) mass is 281 g/mol. The predicted octanol–water partition coefficient (Wildman–Crippen LogP) is 5.37. The van der Waals surface area contributed by atoms with Crippen LogP contribution in [0.2, 0.25) is 0 Å². The third-order valence-corrected chi connectivity index (χ3v) is 4.80. The number of nitrogens with zero attached hydrogens (tertiary/aromatic N) is 1. The number of hydrogen-bond acceptors (Lipinski definition) is 1. The maximum absolute atomic E-state index is 2.57. The van der Waals surface area contributed by atoms with E-state index in [4.69, 9.17) is 0 Å². The molecular formula is C20H27N. The van der Waals surface area contributed by atoms with Crippen molar-refractivity contribution in [2.75, 3.05) is 18.0 Å². The van der Waals surface area contributed by atoms with Crippen LogP contribution in [0.1, 0.15) is 46.1 Å². The van der Waals surface area contributed by atoms with Gasteiger partial charge in [0.1, 0.15) is 0 Å². The third-order valence-electron chi connectivity index (χ3n) is 4.80. The summed E-state index contributed by atoms with van der Waals surface area (Å²) >= 11 is 0. The largest absolute Gasteiger partial charge is 0.371 e. The van der Waals surface area contributed by atoms with Crippen molar-refractivity contribution < 1.29 is 0 Å². The molecule has 1 aliphatic rings. The van der Waals surface area contributed by atoms with Crippen LogP contribution in [0.3, 0.4) is 0 Å². The highest BCUT2D eigenvalue weighted by molar-refractivity contribution is 5.90. The predicted molar refractivity (Wildman–Crippen MR) is 93.3 cm³/mol. The van der Waals surface area contributed by atoms with Gasteiger partial charge in [0.2, 0.25) is 0 Å². The van der Waals surface area contributed by atoms with Gasteiger partial charge in [-0.1, -0.05) is 52.0 Å². The molecule has 1 nitrogen and oxygen atoms in total. The first-order chi connectivity index (χ1) is 9.95. The summed E-state index contributed by atoms with van der Waals surface area (Å²) in [5, 5.41) is 2.78. The Morgan fingerprint density at radius 1 is 1.00 bits per heavy atom. The van der Waals surface area contributed by atoms with Gasteiger partial charge in [-0.3, -0.25) is 0 Å². The summed E-state index contributed by atoms with van der Waals surface area (Å²) in [6, 6.07) is 13.6. The van der Waals surface area contributed by atoms with Gasteiger partial charge >= 0.3 is 0 Å². The molecule has 0 unspecified atom stereocenters. The first kappa shape index (κ1) is 14.4. The molecule has 0 aromatic heterocycles. The molecule has 1 saturated heterocycles. The SMILES string of the molecule is CC1CCN(c2cc(C(C)(C)C)c3ccccc3c2)CC1. The number of fused-ring (bicyclic) bond motifs is 1. The van der Waals surface area contributed by atoms with E-state index in [0.717, 1.165) is 5.92 Å². The number of hydrogen-bond donors (Lipinski definition) is 0. The summed E-state index contributed by atoms with van der Waals surface area (Å²) < 4.78 is 0. The van der Waals surface area contributed by atoms with Crippen LogP contribution in [0.15, 0.2) is 36.4 Å². The van der Waals surface area contributed by atoms with Crippen molar-refractivity contribution in [3.05, 3.63) is 42.0 Å². The lowest BCUT2D eigenvalue weighted by Gasteiger charge is -2.33. The Morgan fingerprint density at radius 2 is 1.67 bits per heavy atom. The summed E-state index contributed by atoms with van der Waals surface area (Å²) in [5.74, 6) is 0.879. The quantitative estimate of drug-likeness (QED) is 0.679. The fourth-order valence-electron chi connectivity index (χ4n) is 3.36. The van der Waals surface area contributed by atoms with Crippen LogP contribution in [0.25, 0.3) is 10.8 Å². The van der Waals surface area contributed by atoms with Crippen molar-refractivity contribution in [2.45, 2.75) is 46.0 Å². The Kier molecular flexibility index (Phi) is 3.69. The molecule has 0 amide bonds. The van der Waals surface area contributed by atoms with Gasteiger partial charge in [0.25, 0.3) is 0 Å². The van der Waals surface area contributed by atoms with Crippen molar-refractivity contribution in [2.24, 2.45) is 5.92 Å². The van der Waals surface area contributed by atoms with Gasteiger partial charge in [0, 0.05) is 18.8 Å². The lowest BCUT2D eigenvalue weighted by atomic mass is 9.83. The molecule has 0 saturated carbocycles. The van der Waals surface area contributed by atoms with Gasteiger partial charge in [-0.15, -0.1) is 0 Å². The first-order valence-electron chi connectivity index (χ1n) is 8.23. The van der Waals surface area contributed by atoms with Crippen LogP contribution in [0.5, 0.6) is 0 Å². The molecule has 21 heavy (non-hydrogen) atoms. The number of benzene rings is 2. The Bertz CT molecular complexity index is 628. The highest BCUT2D eigenvalue weighted by Gasteiger charge is 2.21. The van der Waals surface area contributed by atoms with Gasteiger partial charge in [-0.05, 0) is 52.6 Å². The highest BCUT2D eigenvalue weighted by atomic mass is 15.1. The molecule has 0 bridgehead atoms. The molecule has 1 fully saturated rings. The van der Waals surface area contributed by atoms with Crippen LogP contribution >= 0.6 is 0 Å². The molecule has 0 spiro atoms. The van der Waals surface area contributed by atoms with E-state index in [1.807, 2.05) is 0 Å². The van der Waals surface area contributed by atoms with Crippen molar-refractivity contribution in [3.8, 4) is 0 Å². The highest BCUT2D eigenvalue weighted by Crippen LogP contribution is 2.35. The van der Waals surface area contributed by atoms with E-state index >= 15 is 0 Å². The minimum Gasteiger partial charge on any atom is -0.371 e. The molecule has 0 radical (unpaired) electrons. The molecule has 1 heterocycles. The zero-order valence-corrected chi connectivity index (χ0v) is 13.8. The van der Waals surface area contributed by atoms with Crippen LogP contribution in [0.4, 0.5) is 5.69 Å². The third kappa shape index (κ3) is 2.92. The maximum atomic E-state index is 2.57. The number of piperidine rings is 1.